The third kappa shape index (κ3) is 3.13. The van der Waals surface area contributed by atoms with Crippen molar-refractivity contribution in [3.05, 3.63) is 74.9 Å². The van der Waals surface area contributed by atoms with Crippen LogP contribution in [0.2, 0.25) is 0 Å². The van der Waals surface area contributed by atoms with Crippen molar-refractivity contribution in [3.8, 4) is 5.75 Å². The van der Waals surface area contributed by atoms with Gasteiger partial charge in [-0.15, -0.1) is 0 Å². The Morgan fingerprint density at radius 2 is 1.96 bits per heavy atom. The van der Waals surface area contributed by atoms with Crippen molar-refractivity contribution in [1.29, 1.82) is 0 Å². The molecule has 4 heteroatoms. The summed E-state index contributed by atoms with van der Waals surface area (Å²) in [5.74, 6) is 0.0117. The lowest BCUT2D eigenvalue weighted by atomic mass is 9.77. The zero-order valence-electron chi connectivity index (χ0n) is 16.8. The lowest BCUT2D eigenvalue weighted by Crippen LogP contribution is -2.30. The smallest absolute Gasteiger partial charge is 0.337 e. The number of hydrogen-bond donors (Lipinski definition) is 1. The standard InChI is InChI=1S/C24H25NO3/c1-14-11-17(12-15-5-7-16(8-6-15)23(27)28-4)21-20(22(14)26)18-13-24(2,3)10-9-19(18)25-21/h5-9,11,26H,10,12-13H2,1-4H3. The Bertz CT molecular complexity index is 1120. The second-order valence-corrected chi connectivity index (χ2v) is 8.51. The van der Waals surface area contributed by atoms with E-state index in [-0.39, 0.29) is 11.4 Å². The number of allylic oxidation sites excluding steroid dienone is 2. The number of aryl methyl sites for hydroxylation is 1. The molecule has 0 saturated heterocycles. The maximum atomic E-state index is 11.6. The highest BCUT2D eigenvalue weighted by atomic mass is 16.5. The first-order valence-corrected chi connectivity index (χ1v) is 9.60. The van der Waals surface area contributed by atoms with E-state index < -0.39 is 0 Å². The minimum absolute atomic E-state index is 0.177. The number of rotatable bonds is 3. The van der Waals surface area contributed by atoms with Gasteiger partial charge >= 0.3 is 5.97 Å². The van der Waals surface area contributed by atoms with Gasteiger partial charge in [0.25, 0.3) is 0 Å². The molecule has 0 bridgehead atoms. The molecule has 0 aromatic heterocycles. The molecule has 1 N–H and O–H groups in total. The minimum Gasteiger partial charge on any atom is -0.507 e. The van der Waals surface area contributed by atoms with E-state index in [1.165, 1.54) is 7.11 Å². The third-order valence-corrected chi connectivity index (χ3v) is 5.66. The molecule has 1 aliphatic carbocycles. The molecule has 4 nitrogen and oxygen atoms in total. The lowest BCUT2D eigenvalue weighted by molar-refractivity contribution is 0.0600. The molecule has 1 aliphatic heterocycles. The number of carbonyl (C=O) groups is 1. The van der Waals surface area contributed by atoms with Gasteiger partial charge in [0.2, 0.25) is 0 Å². The molecule has 2 aromatic carbocycles. The van der Waals surface area contributed by atoms with E-state index in [9.17, 15) is 9.90 Å². The first kappa shape index (κ1) is 18.5. The summed E-state index contributed by atoms with van der Waals surface area (Å²) in [5, 5.41) is 12.6. The van der Waals surface area contributed by atoms with Gasteiger partial charge in [-0.05, 0) is 72.1 Å². The molecule has 0 radical (unpaired) electrons. The summed E-state index contributed by atoms with van der Waals surface area (Å²) in [7, 11) is 1.38. The highest BCUT2D eigenvalue weighted by molar-refractivity contribution is 5.89. The van der Waals surface area contributed by atoms with Gasteiger partial charge in [-0.2, -0.15) is 0 Å². The Hall–Kier alpha value is -2.88. The normalized spacial score (nSPS) is 16.7. The molecule has 4 rings (SSSR count). The van der Waals surface area contributed by atoms with E-state index in [1.54, 1.807) is 12.1 Å². The van der Waals surface area contributed by atoms with E-state index in [0.717, 1.165) is 51.4 Å². The molecular weight excluding hydrogens is 350 g/mol. The molecule has 0 saturated carbocycles. The topological polar surface area (TPSA) is 58.9 Å². The number of aromatic hydroxyl groups is 1. The van der Waals surface area contributed by atoms with Gasteiger partial charge in [0.1, 0.15) is 5.75 Å². The van der Waals surface area contributed by atoms with Crippen LogP contribution in [0.5, 0.6) is 5.75 Å². The van der Waals surface area contributed by atoms with Crippen LogP contribution < -0.4 is 10.6 Å². The Labute approximate surface area is 164 Å². The number of esters is 1. The quantitative estimate of drug-likeness (QED) is 0.835. The maximum Gasteiger partial charge on any atom is 0.337 e. The molecule has 2 aliphatic rings. The summed E-state index contributed by atoms with van der Waals surface area (Å²) < 4.78 is 4.76. The zero-order valence-corrected chi connectivity index (χ0v) is 16.8. The fourth-order valence-electron chi connectivity index (χ4n) is 4.10. The summed E-state index contributed by atoms with van der Waals surface area (Å²) in [5.41, 5.74) is 5.94. The fourth-order valence-corrected chi connectivity index (χ4v) is 4.10. The molecule has 0 amide bonds. The summed E-state index contributed by atoms with van der Waals surface area (Å²) in [4.78, 5) is 16.5. The van der Waals surface area contributed by atoms with Gasteiger partial charge < -0.3 is 9.84 Å². The van der Waals surface area contributed by atoms with E-state index in [4.69, 9.17) is 9.73 Å². The fraction of sp³-hybridized carbons (Fsp3) is 0.333. The van der Waals surface area contributed by atoms with E-state index in [0.29, 0.717) is 17.7 Å². The van der Waals surface area contributed by atoms with Crippen molar-refractivity contribution < 1.29 is 14.6 Å². The summed E-state index contributed by atoms with van der Waals surface area (Å²) in [6.45, 7) is 6.44. The first-order chi connectivity index (χ1) is 13.3. The number of benzene rings is 2. The van der Waals surface area contributed by atoms with Gasteiger partial charge in [0.05, 0.1) is 23.7 Å². The van der Waals surface area contributed by atoms with Crippen LogP contribution in [-0.4, -0.2) is 18.2 Å². The average Bonchev–Trinajstić information content (AvgIpc) is 3.04. The first-order valence-electron chi connectivity index (χ1n) is 9.60. The third-order valence-electron chi connectivity index (χ3n) is 5.66. The monoisotopic (exact) mass is 375 g/mol. The van der Waals surface area contributed by atoms with Crippen LogP contribution in [0, 0.1) is 12.3 Å². The Morgan fingerprint density at radius 1 is 1.25 bits per heavy atom. The Balaban J connectivity index is 1.80. The van der Waals surface area contributed by atoms with Gasteiger partial charge in [-0.3, -0.25) is 0 Å². The summed E-state index contributed by atoms with van der Waals surface area (Å²) in [6.07, 6.45) is 4.80. The number of fused-ring (bicyclic) bond motifs is 2. The van der Waals surface area contributed by atoms with E-state index >= 15 is 0 Å². The van der Waals surface area contributed by atoms with Crippen LogP contribution in [0.3, 0.4) is 0 Å². The number of hydrogen-bond acceptors (Lipinski definition) is 4. The van der Waals surface area contributed by atoms with Crippen LogP contribution >= 0.6 is 0 Å². The minimum atomic E-state index is -0.335. The number of carbonyl (C=O) groups excluding carboxylic acids is 1. The summed E-state index contributed by atoms with van der Waals surface area (Å²) in [6, 6.07) is 9.48. The second kappa shape index (κ2) is 6.62. The molecule has 28 heavy (non-hydrogen) atoms. The van der Waals surface area contributed by atoms with Crippen LogP contribution in [0.4, 0.5) is 0 Å². The molecule has 0 spiro atoms. The van der Waals surface area contributed by atoms with E-state index in [1.807, 2.05) is 25.1 Å². The largest absolute Gasteiger partial charge is 0.507 e. The molecule has 0 unspecified atom stereocenters. The molecule has 144 valence electrons. The molecule has 2 aromatic rings. The Kier molecular flexibility index (Phi) is 4.37. The van der Waals surface area contributed by atoms with Crippen LogP contribution in [0.1, 0.15) is 53.7 Å². The highest BCUT2D eigenvalue weighted by Gasteiger charge is 2.29. The number of nitrogens with zero attached hydrogens (tertiary/aromatic N) is 1. The predicted octanol–water partition coefficient (Wildman–Crippen LogP) is 3.57. The summed E-state index contributed by atoms with van der Waals surface area (Å²) >= 11 is 0. The van der Waals surface area contributed by atoms with Gasteiger partial charge in [-0.1, -0.05) is 32.1 Å². The lowest BCUT2D eigenvalue weighted by Gasteiger charge is -2.28. The number of phenols is 1. The van der Waals surface area contributed by atoms with Crippen molar-refractivity contribution in [2.75, 3.05) is 7.11 Å². The van der Waals surface area contributed by atoms with Crippen molar-refractivity contribution in [3.63, 3.8) is 0 Å². The number of ether oxygens (including phenoxy) is 1. The van der Waals surface area contributed by atoms with Crippen LogP contribution in [-0.2, 0) is 11.2 Å². The van der Waals surface area contributed by atoms with Gasteiger partial charge in [0, 0.05) is 5.22 Å². The second-order valence-electron chi connectivity index (χ2n) is 8.51. The zero-order chi connectivity index (χ0) is 20.1. The van der Waals surface area contributed by atoms with Gasteiger partial charge in [0.15, 0.2) is 0 Å². The van der Waals surface area contributed by atoms with Crippen molar-refractivity contribution in [1.82, 2.24) is 0 Å². The number of methoxy groups -OCH3 is 1. The van der Waals surface area contributed by atoms with Crippen molar-refractivity contribution >= 4 is 11.5 Å². The highest BCUT2D eigenvalue weighted by Crippen LogP contribution is 2.39. The molecule has 0 fully saturated rings. The predicted molar refractivity (Wildman–Crippen MR) is 109 cm³/mol. The van der Waals surface area contributed by atoms with E-state index in [2.05, 4.69) is 19.9 Å². The SMILES string of the molecule is COC(=O)c1ccc(Cc2cc(C)c(O)c3c2=NC2=CCC(C)(C)CC=32)cc1. The average molecular weight is 375 g/mol. The molecular formula is C24H25NO3. The maximum absolute atomic E-state index is 11.6. The van der Waals surface area contributed by atoms with Crippen molar-refractivity contribution in [2.24, 2.45) is 10.4 Å². The van der Waals surface area contributed by atoms with Crippen LogP contribution in [0.15, 0.2) is 47.1 Å². The van der Waals surface area contributed by atoms with Crippen LogP contribution in [0.25, 0.3) is 5.57 Å². The molecule has 0 atom stereocenters. The Morgan fingerprint density at radius 3 is 2.64 bits per heavy atom. The van der Waals surface area contributed by atoms with Gasteiger partial charge in [-0.25, -0.2) is 9.79 Å². The molecule has 1 heterocycles. The van der Waals surface area contributed by atoms with Crippen molar-refractivity contribution in [2.45, 2.75) is 40.0 Å². The number of phenolic OH excluding ortho intramolecular Hbond substituents is 1.